The van der Waals surface area contributed by atoms with Crippen LogP contribution in [0.1, 0.15) is 42.6 Å². The molecule has 2 amide bonds. The fourth-order valence-electron chi connectivity index (χ4n) is 4.17. The largest absolute Gasteiger partial charge is 0.488 e. The van der Waals surface area contributed by atoms with Gasteiger partial charge in [0, 0.05) is 50.1 Å². The number of amides is 2. The van der Waals surface area contributed by atoms with Crippen LogP contribution in [0.5, 0.6) is 5.75 Å². The van der Waals surface area contributed by atoms with Gasteiger partial charge in [0.25, 0.3) is 5.91 Å². The number of aromatic nitrogens is 1. The Morgan fingerprint density at radius 3 is 2.65 bits per heavy atom. The van der Waals surface area contributed by atoms with Gasteiger partial charge in [0.05, 0.1) is 24.6 Å². The van der Waals surface area contributed by atoms with E-state index in [-0.39, 0.29) is 29.9 Å². The second-order valence-corrected chi connectivity index (χ2v) is 9.55. The van der Waals surface area contributed by atoms with Gasteiger partial charge in [0.1, 0.15) is 11.9 Å². The molecule has 0 saturated heterocycles. The highest BCUT2D eigenvalue weighted by Crippen LogP contribution is 2.31. The number of ether oxygens (including phenoxy) is 1. The number of likely N-dealkylation sites (N-methyl/N-ethyl adjacent to an activating group) is 1. The zero-order chi connectivity index (χ0) is 27.2. The standard InChI is InChI=1S/C26H33F3N4O4/c1-17-13-33(18(2)16-34)25(36)21-12-20(31-24(35)6-9-26(27,28)29)4-5-22(21)37-23(17)15-32(3)14-19-7-10-30-11-8-19/h4-5,7-8,10-12,17-18,23,34H,6,9,13-16H2,1-3H3,(H,31,35)/t17-,18+,23+/m1/s1. The van der Waals surface area contributed by atoms with E-state index < -0.39 is 36.9 Å². The van der Waals surface area contributed by atoms with Crippen LogP contribution < -0.4 is 10.1 Å². The van der Waals surface area contributed by atoms with Crippen LogP contribution in [0.25, 0.3) is 0 Å². The maximum atomic E-state index is 13.5. The molecule has 3 atom stereocenters. The molecular formula is C26H33F3N4O4. The van der Waals surface area contributed by atoms with Crippen molar-refractivity contribution in [2.75, 3.05) is 32.1 Å². The van der Waals surface area contributed by atoms with Crippen molar-refractivity contribution in [2.24, 2.45) is 5.92 Å². The Hall–Kier alpha value is -3.18. The highest BCUT2D eigenvalue weighted by atomic mass is 19.4. The van der Waals surface area contributed by atoms with E-state index in [4.69, 9.17) is 4.74 Å². The number of aliphatic hydroxyl groups excluding tert-OH is 1. The van der Waals surface area contributed by atoms with Crippen LogP contribution in [-0.4, -0.2) is 76.8 Å². The summed E-state index contributed by atoms with van der Waals surface area (Å²) < 4.78 is 43.7. The average molecular weight is 523 g/mol. The van der Waals surface area contributed by atoms with Crippen LogP contribution in [0, 0.1) is 5.92 Å². The van der Waals surface area contributed by atoms with Gasteiger partial charge in [-0.2, -0.15) is 13.2 Å². The molecule has 0 spiro atoms. The van der Waals surface area contributed by atoms with Crippen molar-refractivity contribution in [3.8, 4) is 5.75 Å². The molecule has 0 unspecified atom stereocenters. The van der Waals surface area contributed by atoms with Gasteiger partial charge in [-0.3, -0.25) is 19.5 Å². The fourth-order valence-corrected chi connectivity index (χ4v) is 4.17. The Morgan fingerprint density at radius 1 is 1.30 bits per heavy atom. The minimum absolute atomic E-state index is 0.0762. The molecule has 2 heterocycles. The molecule has 0 fully saturated rings. The van der Waals surface area contributed by atoms with Gasteiger partial charge in [-0.15, -0.1) is 0 Å². The summed E-state index contributed by atoms with van der Waals surface area (Å²) in [6.45, 7) is 5.02. The number of halogens is 3. The van der Waals surface area contributed by atoms with Crippen LogP contribution in [0.2, 0.25) is 0 Å². The third kappa shape index (κ3) is 8.16. The molecule has 0 aliphatic carbocycles. The average Bonchev–Trinajstić information content (AvgIpc) is 2.85. The Balaban J connectivity index is 1.84. The van der Waals surface area contributed by atoms with Crippen molar-refractivity contribution in [2.45, 2.75) is 51.6 Å². The van der Waals surface area contributed by atoms with E-state index in [1.54, 1.807) is 30.3 Å². The quantitative estimate of drug-likeness (QED) is 0.522. The molecule has 3 rings (SSSR count). The molecule has 0 radical (unpaired) electrons. The van der Waals surface area contributed by atoms with E-state index in [1.807, 2.05) is 26.1 Å². The van der Waals surface area contributed by atoms with E-state index >= 15 is 0 Å². The van der Waals surface area contributed by atoms with Crippen molar-refractivity contribution < 1.29 is 32.6 Å². The lowest BCUT2D eigenvalue weighted by Crippen LogP contribution is -2.49. The van der Waals surface area contributed by atoms with Crippen LogP contribution in [0.15, 0.2) is 42.7 Å². The Bertz CT molecular complexity index is 1070. The van der Waals surface area contributed by atoms with E-state index in [9.17, 15) is 27.9 Å². The number of carbonyl (C=O) groups is 2. The Kier molecular flexibility index (Phi) is 9.50. The molecule has 2 aromatic rings. The van der Waals surface area contributed by atoms with Crippen LogP contribution in [0.3, 0.4) is 0 Å². The molecule has 1 aliphatic heterocycles. The van der Waals surface area contributed by atoms with Crippen molar-refractivity contribution in [3.05, 3.63) is 53.9 Å². The predicted octanol–water partition coefficient (Wildman–Crippen LogP) is 3.71. The van der Waals surface area contributed by atoms with Gasteiger partial charge in [-0.25, -0.2) is 0 Å². The van der Waals surface area contributed by atoms with Gasteiger partial charge in [0.15, 0.2) is 0 Å². The number of benzene rings is 1. The SMILES string of the molecule is C[C@@H]1CN([C@@H](C)CO)C(=O)c2cc(NC(=O)CCC(F)(F)F)ccc2O[C@H]1CN(C)Cc1ccncc1. The molecule has 1 aromatic heterocycles. The van der Waals surface area contributed by atoms with Crippen molar-refractivity contribution in [1.29, 1.82) is 0 Å². The van der Waals surface area contributed by atoms with E-state index in [0.717, 1.165) is 5.56 Å². The number of rotatable bonds is 9. The number of nitrogens with one attached hydrogen (secondary N) is 1. The van der Waals surface area contributed by atoms with E-state index in [2.05, 4.69) is 15.2 Å². The van der Waals surface area contributed by atoms with Gasteiger partial charge < -0.3 is 20.1 Å². The van der Waals surface area contributed by atoms with Gasteiger partial charge >= 0.3 is 6.18 Å². The van der Waals surface area contributed by atoms with E-state index in [0.29, 0.717) is 25.4 Å². The summed E-state index contributed by atoms with van der Waals surface area (Å²) in [7, 11) is 1.97. The number of nitrogens with zero attached hydrogens (tertiary/aromatic N) is 3. The number of anilines is 1. The molecule has 8 nitrogen and oxygen atoms in total. The van der Waals surface area contributed by atoms with Crippen molar-refractivity contribution in [3.63, 3.8) is 0 Å². The summed E-state index contributed by atoms with van der Waals surface area (Å²) in [6, 6.07) is 7.85. The summed E-state index contributed by atoms with van der Waals surface area (Å²) >= 11 is 0. The second kappa shape index (κ2) is 12.4. The molecule has 0 saturated carbocycles. The minimum atomic E-state index is -4.44. The molecule has 37 heavy (non-hydrogen) atoms. The maximum Gasteiger partial charge on any atom is 0.389 e. The topological polar surface area (TPSA) is 95.0 Å². The third-order valence-corrected chi connectivity index (χ3v) is 6.28. The molecule has 2 N–H and O–H groups in total. The smallest absolute Gasteiger partial charge is 0.389 e. The number of hydrogen-bond acceptors (Lipinski definition) is 6. The lowest BCUT2D eigenvalue weighted by Gasteiger charge is -2.38. The normalized spacial score (nSPS) is 19.0. The first-order valence-corrected chi connectivity index (χ1v) is 12.1. The molecular weight excluding hydrogens is 489 g/mol. The van der Waals surface area contributed by atoms with Crippen LogP contribution in [0.4, 0.5) is 18.9 Å². The highest BCUT2D eigenvalue weighted by molar-refractivity contribution is 5.99. The summed E-state index contributed by atoms with van der Waals surface area (Å²) in [5.41, 5.74) is 1.45. The number of alkyl halides is 3. The summed E-state index contributed by atoms with van der Waals surface area (Å²) in [5, 5.41) is 12.2. The van der Waals surface area contributed by atoms with Gasteiger partial charge in [-0.05, 0) is 49.9 Å². The molecule has 11 heteroatoms. The monoisotopic (exact) mass is 522 g/mol. The van der Waals surface area contributed by atoms with Crippen molar-refractivity contribution >= 4 is 17.5 Å². The first kappa shape index (κ1) is 28.4. The lowest BCUT2D eigenvalue weighted by atomic mass is 9.99. The lowest BCUT2D eigenvalue weighted by molar-refractivity contribution is -0.142. The summed E-state index contributed by atoms with van der Waals surface area (Å²) in [6.07, 6.45) is -3.24. The second-order valence-electron chi connectivity index (χ2n) is 9.55. The van der Waals surface area contributed by atoms with Crippen molar-refractivity contribution in [1.82, 2.24) is 14.8 Å². The molecule has 1 aliphatic rings. The zero-order valence-corrected chi connectivity index (χ0v) is 21.2. The number of pyridine rings is 1. The number of fused-ring (bicyclic) bond motifs is 1. The fraction of sp³-hybridized carbons (Fsp3) is 0.500. The highest BCUT2D eigenvalue weighted by Gasteiger charge is 2.34. The summed E-state index contributed by atoms with van der Waals surface area (Å²) in [5.74, 6) is -0.963. The molecule has 0 bridgehead atoms. The summed E-state index contributed by atoms with van der Waals surface area (Å²) in [4.78, 5) is 33.2. The number of carbonyl (C=O) groups excluding carboxylic acids is 2. The Morgan fingerprint density at radius 2 is 2.00 bits per heavy atom. The maximum absolute atomic E-state index is 13.5. The third-order valence-electron chi connectivity index (χ3n) is 6.28. The number of aliphatic hydroxyl groups is 1. The molecule has 1 aromatic carbocycles. The van der Waals surface area contributed by atoms with Gasteiger partial charge in [0.2, 0.25) is 5.91 Å². The van der Waals surface area contributed by atoms with Gasteiger partial charge in [-0.1, -0.05) is 6.92 Å². The van der Waals surface area contributed by atoms with E-state index in [1.165, 1.54) is 12.1 Å². The number of hydrogen-bond donors (Lipinski definition) is 2. The predicted molar refractivity (Wildman–Crippen MR) is 132 cm³/mol. The Labute approximate surface area is 214 Å². The minimum Gasteiger partial charge on any atom is -0.488 e. The van der Waals surface area contributed by atoms with Crippen LogP contribution >= 0.6 is 0 Å². The first-order valence-electron chi connectivity index (χ1n) is 12.1. The van der Waals surface area contributed by atoms with Crippen LogP contribution in [-0.2, 0) is 11.3 Å². The molecule has 202 valence electrons. The zero-order valence-electron chi connectivity index (χ0n) is 21.2. The first-order chi connectivity index (χ1) is 17.5.